The molecular weight excluding hydrogens is 404 g/mol. The van der Waals surface area contributed by atoms with Gasteiger partial charge in [-0.25, -0.2) is 4.68 Å². The Morgan fingerprint density at radius 2 is 1.90 bits per heavy atom. The number of nitrogens with two attached hydrogens (primary N) is 1. The highest BCUT2D eigenvalue weighted by Gasteiger charge is 2.14. The number of methoxy groups -OCH3 is 1. The standard InChI is InChI=1S/C20H20N6O3S/c1-27-15-8-5-9-16(11-15)28-12-18-23-24-20(26(18)21)30-13-19-22-17(25-29-19)10-14-6-3-2-4-7-14/h2-9,11H,10,12-13,21H2,1H3. The number of hydrogen-bond acceptors (Lipinski definition) is 9. The molecule has 0 atom stereocenters. The largest absolute Gasteiger partial charge is 0.497 e. The lowest BCUT2D eigenvalue weighted by molar-refractivity contribution is 0.289. The monoisotopic (exact) mass is 424 g/mol. The number of aromatic nitrogens is 5. The number of ether oxygens (including phenoxy) is 2. The second-order valence-corrected chi connectivity index (χ2v) is 7.23. The highest BCUT2D eigenvalue weighted by atomic mass is 32.2. The van der Waals surface area contributed by atoms with Gasteiger partial charge in [0.15, 0.2) is 11.6 Å². The third kappa shape index (κ3) is 4.90. The van der Waals surface area contributed by atoms with Crippen LogP contribution in [0.25, 0.3) is 0 Å². The molecule has 0 aliphatic rings. The second kappa shape index (κ2) is 9.31. The summed E-state index contributed by atoms with van der Waals surface area (Å²) in [4.78, 5) is 4.42. The Hall–Kier alpha value is -3.53. The van der Waals surface area contributed by atoms with Crippen LogP contribution in [0.2, 0.25) is 0 Å². The third-order valence-electron chi connectivity index (χ3n) is 4.18. The first-order valence-electron chi connectivity index (χ1n) is 9.15. The Balaban J connectivity index is 1.32. The van der Waals surface area contributed by atoms with E-state index in [-0.39, 0.29) is 6.61 Å². The molecule has 0 radical (unpaired) electrons. The van der Waals surface area contributed by atoms with E-state index >= 15 is 0 Å². The molecule has 2 heterocycles. The highest BCUT2D eigenvalue weighted by molar-refractivity contribution is 7.98. The summed E-state index contributed by atoms with van der Waals surface area (Å²) < 4.78 is 17.6. The maximum Gasteiger partial charge on any atom is 0.237 e. The summed E-state index contributed by atoms with van der Waals surface area (Å²) in [5.41, 5.74) is 1.12. The predicted octanol–water partition coefficient (Wildman–Crippen LogP) is 2.85. The summed E-state index contributed by atoms with van der Waals surface area (Å²) in [6, 6.07) is 17.3. The summed E-state index contributed by atoms with van der Waals surface area (Å²) >= 11 is 1.36. The van der Waals surface area contributed by atoms with Gasteiger partial charge in [0.2, 0.25) is 11.0 Å². The van der Waals surface area contributed by atoms with Crippen molar-refractivity contribution in [3.05, 3.63) is 77.7 Å². The van der Waals surface area contributed by atoms with E-state index in [2.05, 4.69) is 20.3 Å². The lowest BCUT2D eigenvalue weighted by Crippen LogP contribution is -2.15. The van der Waals surface area contributed by atoms with Crippen LogP contribution >= 0.6 is 11.8 Å². The van der Waals surface area contributed by atoms with Crippen LogP contribution in [-0.4, -0.2) is 32.1 Å². The molecule has 0 saturated heterocycles. The van der Waals surface area contributed by atoms with Crippen LogP contribution in [0.1, 0.15) is 23.1 Å². The SMILES string of the molecule is COc1cccc(OCc2nnc(SCc3nc(Cc4ccccc4)no3)n2N)c1. The average molecular weight is 424 g/mol. The lowest BCUT2D eigenvalue weighted by Gasteiger charge is -2.07. The van der Waals surface area contributed by atoms with Gasteiger partial charge in [-0.1, -0.05) is 53.3 Å². The molecule has 10 heteroatoms. The van der Waals surface area contributed by atoms with Crippen molar-refractivity contribution < 1.29 is 14.0 Å². The van der Waals surface area contributed by atoms with Gasteiger partial charge in [-0.2, -0.15) is 4.98 Å². The highest BCUT2D eigenvalue weighted by Crippen LogP contribution is 2.22. The van der Waals surface area contributed by atoms with E-state index < -0.39 is 0 Å². The van der Waals surface area contributed by atoms with E-state index in [1.807, 2.05) is 48.5 Å². The zero-order valence-electron chi connectivity index (χ0n) is 16.3. The zero-order chi connectivity index (χ0) is 20.8. The molecule has 4 rings (SSSR count). The Morgan fingerprint density at radius 1 is 1.07 bits per heavy atom. The molecule has 154 valence electrons. The molecule has 0 bridgehead atoms. The van der Waals surface area contributed by atoms with Crippen LogP contribution < -0.4 is 15.3 Å². The van der Waals surface area contributed by atoms with Crippen molar-refractivity contribution in [2.45, 2.75) is 23.9 Å². The van der Waals surface area contributed by atoms with Crippen LogP contribution in [0.3, 0.4) is 0 Å². The van der Waals surface area contributed by atoms with E-state index in [1.165, 1.54) is 16.4 Å². The number of nitrogen functional groups attached to an aromatic ring is 1. The number of rotatable bonds is 9. The van der Waals surface area contributed by atoms with Gasteiger partial charge in [0.05, 0.1) is 12.9 Å². The first kappa shape index (κ1) is 19.8. The maximum atomic E-state index is 6.09. The minimum atomic E-state index is 0.180. The number of nitrogens with zero attached hydrogens (tertiary/aromatic N) is 5. The zero-order valence-corrected chi connectivity index (χ0v) is 17.1. The Morgan fingerprint density at radius 3 is 2.73 bits per heavy atom. The second-order valence-electron chi connectivity index (χ2n) is 6.29. The molecule has 0 fully saturated rings. The normalized spacial score (nSPS) is 10.8. The van der Waals surface area contributed by atoms with Crippen molar-refractivity contribution in [3.8, 4) is 11.5 Å². The minimum Gasteiger partial charge on any atom is -0.497 e. The number of thioether (sulfide) groups is 1. The van der Waals surface area contributed by atoms with E-state index in [4.69, 9.17) is 19.8 Å². The van der Waals surface area contributed by atoms with Crippen molar-refractivity contribution >= 4 is 11.8 Å². The quantitative estimate of drug-likeness (QED) is 0.320. The van der Waals surface area contributed by atoms with Gasteiger partial charge in [0.1, 0.15) is 18.1 Å². The summed E-state index contributed by atoms with van der Waals surface area (Å²) in [6.07, 6.45) is 0.619. The van der Waals surface area contributed by atoms with Crippen molar-refractivity contribution in [2.75, 3.05) is 13.0 Å². The fourth-order valence-corrected chi connectivity index (χ4v) is 3.38. The average Bonchev–Trinajstić information content (AvgIpc) is 3.37. The molecule has 0 aliphatic carbocycles. The molecule has 0 saturated carbocycles. The number of benzene rings is 2. The summed E-state index contributed by atoms with van der Waals surface area (Å²) in [5, 5.41) is 12.8. The molecule has 0 aliphatic heterocycles. The molecule has 0 unspecified atom stereocenters. The molecular formula is C20H20N6O3S. The van der Waals surface area contributed by atoms with Gasteiger partial charge in [-0.05, 0) is 17.7 Å². The first-order chi connectivity index (χ1) is 14.7. The first-order valence-corrected chi connectivity index (χ1v) is 10.1. The molecule has 2 aromatic carbocycles. The molecule has 4 aromatic rings. The summed E-state index contributed by atoms with van der Waals surface area (Å²) in [6.45, 7) is 0.180. The van der Waals surface area contributed by atoms with Gasteiger partial charge < -0.3 is 19.8 Å². The van der Waals surface area contributed by atoms with Crippen molar-refractivity contribution in [1.29, 1.82) is 0 Å². The number of hydrogen-bond donors (Lipinski definition) is 1. The van der Waals surface area contributed by atoms with Crippen LogP contribution in [0.5, 0.6) is 11.5 Å². The molecule has 0 amide bonds. The van der Waals surface area contributed by atoms with Crippen LogP contribution in [0.4, 0.5) is 0 Å². The summed E-state index contributed by atoms with van der Waals surface area (Å²) in [5.74, 6) is 9.54. The Kier molecular flexibility index (Phi) is 6.14. The van der Waals surface area contributed by atoms with Gasteiger partial charge in [-0.3, -0.25) is 0 Å². The lowest BCUT2D eigenvalue weighted by atomic mass is 10.1. The molecule has 0 spiro atoms. The van der Waals surface area contributed by atoms with Gasteiger partial charge in [0.25, 0.3) is 0 Å². The van der Waals surface area contributed by atoms with E-state index in [9.17, 15) is 0 Å². The fraction of sp³-hybridized carbons (Fsp3) is 0.200. The predicted molar refractivity (Wildman–Crippen MR) is 111 cm³/mol. The van der Waals surface area contributed by atoms with Gasteiger partial charge >= 0.3 is 0 Å². The Labute approximate surface area is 177 Å². The van der Waals surface area contributed by atoms with Gasteiger partial charge in [0, 0.05) is 12.5 Å². The van der Waals surface area contributed by atoms with Crippen LogP contribution in [-0.2, 0) is 18.8 Å². The van der Waals surface area contributed by atoms with Crippen molar-refractivity contribution in [1.82, 2.24) is 25.0 Å². The van der Waals surface area contributed by atoms with E-state index in [0.29, 0.717) is 46.4 Å². The van der Waals surface area contributed by atoms with E-state index in [1.54, 1.807) is 13.2 Å². The molecule has 9 nitrogen and oxygen atoms in total. The van der Waals surface area contributed by atoms with Crippen molar-refractivity contribution in [2.24, 2.45) is 0 Å². The summed E-state index contributed by atoms with van der Waals surface area (Å²) in [7, 11) is 1.60. The minimum absolute atomic E-state index is 0.180. The topological polar surface area (TPSA) is 114 Å². The fourth-order valence-electron chi connectivity index (χ4n) is 2.67. The van der Waals surface area contributed by atoms with Crippen LogP contribution in [0.15, 0.2) is 64.3 Å². The Bertz CT molecular complexity index is 1100. The third-order valence-corrected chi connectivity index (χ3v) is 5.11. The molecule has 2 aromatic heterocycles. The smallest absolute Gasteiger partial charge is 0.237 e. The van der Waals surface area contributed by atoms with E-state index in [0.717, 1.165) is 5.56 Å². The van der Waals surface area contributed by atoms with Crippen molar-refractivity contribution in [3.63, 3.8) is 0 Å². The van der Waals surface area contributed by atoms with Crippen LogP contribution in [0, 0.1) is 0 Å². The maximum absolute atomic E-state index is 6.09. The molecule has 30 heavy (non-hydrogen) atoms. The van der Waals surface area contributed by atoms with Gasteiger partial charge in [-0.15, -0.1) is 10.2 Å². The molecule has 2 N–H and O–H groups in total.